The Hall–Kier alpha value is -0.900. The zero-order valence-corrected chi connectivity index (χ0v) is 10.6. The molecule has 0 aliphatic carbocycles. The Morgan fingerprint density at radius 3 is 2.12 bits per heavy atom. The molecule has 0 heterocycles. The Balaban J connectivity index is 2.76. The number of nitrogens with zero attached hydrogens (tertiary/aromatic N) is 1. The highest BCUT2D eigenvalue weighted by molar-refractivity contribution is 5.14. The summed E-state index contributed by atoms with van der Waals surface area (Å²) in [5, 5.41) is 0. The summed E-state index contributed by atoms with van der Waals surface area (Å²) in [4.78, 5) is 2.14. The van der Waals surface area contributed by atoms with Gasteiger partial charge < -0.3 is 9.47 Å². The first-order valence-electron chi connectivity index (χ1n) is 5.55. The van der Waals surface area contributed by atoms with E-state index in [2.05, 4.69) is 24.0 Å². The molecule has 0 radical (unpaired) electrons. The maximum Gasteiger partial charge on any atom is 0.226 e. The topological polar surface area (TPSA) is 21.7 Å². The van der Waals surface area contributed by atoms with Gasteiger partial charge in [-0.05, 0) is 5.56 Å². The monoisotopic (exact) mass is 223 g/mol. The third kappa shape index (κ3) is 3.04. The molecule has 3 nitrogen and oxygen atoms in total. The smallest absolute Gasteiger partial charge is 0.226 e. The van der Waals surface area contributed by atoms with Crippen LogP contribution < -0.4 is 0 Å². The second-order valence-electron chi connectivity index (χ2n) is 3.81. The van der Waals surface area contributed by atoms with E-state index < -0.39 is 5.91 Å². The molecule has 0 saturated heterocycles. The highest BCUT2D eigenvalue weighted by Crippen LogP contribution is 2.19. The van der Waals surface area contributed by atoms with E-state index in [1.807, 2.05) is 25.1 Å². The van der Waals surface area contributed by atoms with Crippen LogP contribution in [0.2, 0.25) is 0 Å². The predicted molar refractivity (Wildman–Crippen MR) is 64.9 cm³/mol. The van der Waals surface area contributed by atoms with Gasteiger partial charge in [0, 0.05) is 34.2 Å². The summed E-state index contributed by atoms with van der Waals surface area (Å²) >= 11 is 0. The molecular formula is C13H21NO2. The van der Waals surface area contributed by atoms with Crippen LogP contribution in [0.5, 0.6) is 0 Å². The van der Waals surface area contributed by atoms with Crippen LogP contribution in [0.3, 0.4) is 0 Å². The van der Waals surface area contributed by atoms with E-state index in [1.54, 1.807) is 14.2 Å². The molecule has 0 aliphatic rings. The number of benzene rings is 1. The summed E-state index contributed by atoms with van der Waals surface area (Å²) in [5.41, 5.74) is 1.25. The van der Waals surface area contributed by atoms with E-state index in [9.17, 15) is 0 Å². The molecule has 0 bridgehead atoms. The quantitative estimate of drug-likeness (QED) is 0.692. The SMILES string of the molecule is CCN(Cc1ccccc1)C(C)(OC)OC. The Labute approximate surface area is 98.0 Å². The van der Waals surface area contributed by atoms with E-state index >= 15 is 0 Å². The molecule has 1 aromatic carbocycles. The van der Waals surface area contributed by atoms with Gasteiger partial charge in [0.05, 0.1) is 0 Å². The van der Waals surface area contributed by atoms with Crippen LogP contribution in [0.1, 0.15) is 19.4 Å². The largest absolute Gasteiger partial charge is 0.341 e. The predicted octanol–water partition coefficient (Wildman–Crippen LogP) is 2.48. The van der Waals surface area contributed by atoms with Crippen LogP contribution in [0.15, 0.2) is 30.3 Å². The van der Waals surface area contributed by atoms with Crippen molar-refractivity contribution in [2.75, 3.05) is 20.8 Å². The number of ether oxygens (including phenoxy) is 2. The zero-order chi connectivity index (χ0) is 12.0. The van der Waals surface area contributed by atoms with Crippen molar-refractivity contribution in [3.63, 3.8) is 0 Å². The van der Waals surface area contributed by atoms with Crippen molar-refractivity contribution in [2.24, 2.45) is 0 Å². The number of hydrogen-bond acceptors (Lipinski definition) is 3. The number of rotatable bonds is 6. The van der Waals surface area contributed by atoms with E-state index in [1.165, 1.54) is 5.56 Å². The van der Waals surface area contributed by atoms with Crippen LogP contribution in [0.25, 0.3) is 0 Å². The van der Waals surface area contributed by atoms with Gasteiger partial charge in [-0.1, -0.05) is 37.3 Å². The zero-order valence-electron chi connectivity index (χ0n) is 10.6. The highest BCUT2D eigenvalue weighted by atomic mass is 16.7. The van der Waals surface area contributed by atoms with E-state index in [0.29, 0.717) is 0 Å². The number of hydrogen-bond donors (Lipinski definition) is 0. The normalized spacial score (nSPS) is 12.1. The Kier molecular flexibility index (Phi) is 4.93. The van der Waals surface area contributed by atoms with Crippen LogP contribution in [-0.2, 0) is 16.0 Å². The summed E-state index contributed by atoms with van der Waals surface area (Å²) in [6.07, 6.45) is 0. The van der Waals surface area contributed by atoms with Crippen molar-refractivity contribution in [1.82, 2.24) is 4.90 Å². The van der Waals surface area contributed by atoms with Crippen LogP contribution in [0.4, 0.5) is 0 Å². The van der Waals surface area contributed by atoms with Crippen molar-refractivity contribution in [2.45, 2.75) is 26.3 Å². The Bertz CT molecular complexity index is 296. The molecule has 1 aromatic rings. The van der Waals surface area contributed by atoms with Gasteiger partial charge in [-0.2, -0.15) is 0 Å². The molecule has 1 rings (SSSR count). The van der Waals surface area contributed by atoms with Crippen LogP contribution >= 0.6 is 0 Å². The third-order valence-corrected chi connectivity index (χ3v) is 2.93. The van der Waals surface area contributed by atoms with Gasteiger partial charge >= 0.3 is 0 Å². The maximum atomic E-state index is 5.42. The van der Waals surface area contributed by atoms with Crippen molar-refractivity contribution >= 4 is 0 Å². The first-order chi connectivity index (χ1) is 7.66. The fraction of sp³-hybridized carbons (Fsp3) is 0.538. The fourth-order valence-electron chi connectivity index (χ4n) is 1.69. The molecule has 3 heteroatoms. The highest BCUT2D eigenvalue weighted by Gasteiger charge is 2.30. The molecule has 0 spiro atoms. The molecule has 0 atom stereocenters. The minimum Gasteiger partial charge on any atom is -0.341 e. The molecular weight excluding hydrogens is 202 g/mol. The minimum absolute atomic E-state index is 0.662. The van der Waals surface area contributed by atoms with Gasteiger partial charge in [0.1, 0.15) is 0 Å². The van der Waals surface area contributed by atoms with E-state index in [4.69, 9.17) is 9.47 Å². The minimum atomic E-state index is -0.662. The summed E-state index contributed by atoms with van der Waals surface area (Å²) in [6, 6.07) is 10.3. The average molecular weight is 223 g/mol. The second-order valence-corrected chi connectivity index (χ2v) is 3.81. The summed E-state index contributed by atoms with van der Waals surface area (Å²) in [7, 11) is 3.33. The first-order valence-corrected chi connectivity index (χ1v) is 5.55. The fourth-order valence-corrected chi connectivity index (χ4v) is 1.69. The van der Waals surface area contributed by atoms with Gasteiger partial charge in [-0.25, -0.2) is 4.90 Å². The Morgan fingerprint density at radius 2 is 1.69 bits per heavy atom. The molecule has 0 amide bonds. The second kappa shape index (κ2) is 5.99. The molecule has 90 valence electrons. The van der Waals surface area contributed by atoms with Gasteiger partial charge in [-0.3, -0.25) is 0 Å². The third-order valence-electron chi connectivity index (χ3n) is 2.93. The molecule has 0 aromatic heterocycles. The lowest BCUT2D eigenvalue weighted by molar-refractivity contribution is -0.285. The maximum absolute atomic E-state index is 5.42. The van der Waals surface area contributed by atoms with E-state index in [0.717, 1.165) is 13.1 Å². The molecule has 0 aliphatic heterocycles. The van der Waals surface area contributed by atoms with Gasteiger partial charge in [-0.15, -0.1) is 0 Å². The van der Waals surface area contributed by atoms with Gasteiger partial charge in [0.2, 0.25) is 5.91 Å². The lowest BCUT2D eigenvalue weighted by Gasteiger charge is -2.37. The lowest BCUT2D eigenvalue weighted by Crippen LogP contribution is -2.48. The molecule has 16 heavy (non-hydrogen) atoms. The first kappa shape index (κ1) is 13.2. The van der Waals surface area contributed by atoms with Crippen molar-refractivity contribution in [3.05, 3.63) is 35.9 Å². The van der Waals surface area contributed by atoms with Crippen molar-refractivity contribution < 1.29 is 9.47 Å². The molecule has 0 unspecified atom stereocenters. The molecule has 0 N–H and O–H groups in total. The van der Waals surface area contributed by atoms with Crippen molar-refractivity contribution in [3.8, 4) is 0 Å². The summed E-state index contributed by atoms with van der Waals surface area (Å²) < 4.78 is 10.8. The molecule has 0 fully saturated rings. The summed E-state index contributed by atoms with van der Waals surface area (Å²) in [6.45, 7) is 5.71. The van der Waals surface area contributed by atoms with Gasteiger partial charge in [0.25, 0.3) is 0 Å². The standard InChI is InChI=1S/C13H21NO2/c1-5-14(13(2,15-3)16-4)11-12-9-7-6-8-10-12/h6-10H,5,11H2,1-4H3. The van der Waals surface area contributed by atoms with Crippen LogP contribution in [-0.4, -0.2) is 31.6 Å². The van der Waals surface area contributed by atoms with Crippen molar-refractivity contribution in [1.29, 1.82) is 0 Å². The van der Waals surface area contributed by atoms with Gasteiger partial charge in [0.15, 0.2) is 0 Å². The lowest BCUT2D eigenvalue weighted by atomic mass is 10.2. The number of methoxy groups -OCH3 is 2. The molecule has 0 saturated carbocycles. The average Bonchev–Trinajstić information content (AvgIpc) is 2.36. The van der Waals surface area contributed by atoms with E-state index in [-0.39, 0.29) is 0 Å². The Morgan fingerprint density at radius 1 is 1.12 bits per heavy atom. The summed E-state index contributed by atoms with van der Waals surface area (Å²) in [5.74, 6) is -0.662. The van der Waals surface area contributed by atoms with Crippen LogP contribution in [0, 0.1) is 0 Å².